The van der Waals surface area contributed by atoms with Gasteiger partial charge in [0.05, 0.1) is 7.11 Å². The molecule has 5 heteroatoms. The van der Waals surface area contributed by atoms with E-state index in [1.165, 1.54) is 31.4 Å². The third kappa shape index (κ3) is 4.23. The van der Waals surface area contributed by atoms with Crippen molar-refractivity contribution in [2.45, 2.75) is 18.9 Å². The van der Waals surface area contributed by atoms with Crippen molar-refractivity contribution >= 4 is 0 Å². The molecule has 0 aliphatic heterocycles. The van der Waals surface area contributed by atoms with E-state index in [-0.39, 0.29) is 11.8 Å². The molecular formula is C16H16F3NO. The molecule has 0 spiro atoms. The summed E-state index contributed by atoms with van der Waals surface area (Å²) in [6.07, 6.45) is 0.710. The summed E-state index contributed by atoms with van der Waals surface area (Å²) in [5, 5.41) is 0. The van der Waals surface area contributed by atoms with Crippen LogP contribution in [0.25, 0.3) is 0 Å². The van der Waals surface area contributed by atoms with E-state index in [0.717, 1.165) is 6.07 Å². The van der Waals surface area contributed by atoms with Gasteiger partial charge >= 0.3 is 0 Å². The standard InChI is InChI=1S/C16H16F3NO/c1-21-16-3-2-10(8-15(16)19)6-14(20)7-11-4-12(17)9-13(18)5-11/h2-5,8-9,14H,6-7,20H2,1H3. The van der Waals surface area contributed by atoms with E-state index in [1.807, 2.05) is 0 Å². The molecule has 0 aromatic heterocycles. The van der Waals surface area contributed by atoms with E-state index >= 15 is 0 Å². The molecule has 1 atom stereocenters. The lowest BCUT2D eigenvalue weighted by atomic mass is 9.99. The fraction of sp³-hybridized carbons (Fsp3) is 0.250. The molecule has 0 fully saturated rings. The molecule has 2 rings (SSSR count). The van der Waals surface area contributed by atoms with Crippen LogP contribution in [0.1, 0.15) is 11.1 Å². The first kappa shape index (κ1) is 15.4. The minimum absolute atomic E-state index is 0.166. The number of rotatable bonds is 5. The van der Waals surface area contributed by atoms with Gasteiger partial charge in [0.1, 0.15) is 11.6 Å². The summed E-state index contributed by atoms with van der Waals surface area (Å²) < 4.78 is 44.6. The van der Waals surface area contributed by atoms with Gasteiger partial charge in [-0.15, -0.1) is 0 Å². The van der Waals surface area contributed by atoms with Gasteiger partial charge in [0.25, 0.3) is 0 Å². The SMILES string of the molecule is COc1ccc(CC(N)Cc2cc(F)cc(F)c2)cc1F. The van der Waals surface area contributed by atoms with Crippen LogP contribution in [0.4, 0.5) is 13.2 Å². The highest BCUT2D eigenvalue weighted by molar-refractivity contribution is 5.30. The maximum Gasteiger partial charge on any atom is 0.165 e. The largest absolute Gasteiger partial charge is 0.494 e. The van der Waals surface area contributed by atoms with Crippen molar-refractivity contribution in [2.24, 2.45) is 5.73 Å². The maximum atomic E-state index is 13.6. The first-order valence-corrected chi connectivity index (χ1v) is 6.51. The predicted molar refractivity (Wildman–Crippen MR) is 74.7 cm³/mol. The topological polar surface area (TPSA) is 35.2 Å². The number of methoxy groups -OCH3 is 1. The van der Waals surface area contributed by atoms with Crippen molar-refractivity contribution in [1.82, 2.24) is 0 Å². The van der Waals surface area contributed by atoms with E-state index in [0.29, 0.717) is 24.0 Å². The molecule has 0 aliphatic rings. The number of halogens is 3. The lowest BCUT2D eigenvalue weighted by molar-refractivity contribution is 0.386. The highest BCUT2D eigenvalue weighted by atomic mass is 19.1. The average Bonchev–Trinajstić information content (AvgIpc) is 2.37. The molecule has 0 saturated heterocycles. The highest BCUT2D eigenvalue weighted by Gasteiger charge is 2.10. The van der Waals surface area contributed by atoms with Crippen LogP contribution in [0.3, 0.4) is 0 Å². The lowest BCUT2D eigenvalue weighted by Gasteiger charge is -2.13. The van der Waals surface area contributed by atoms with Crippen molar-refractivity contribution in [3.8, 4) is 5.75 Å². The Bertz CT molecular complexity index is 611. The van der Waals surface area contributed by atoms with Crippen LogP contribution in [0, 0.1) is 17.5 Å². The minimum Gasteiger partial charge on any atom is -0.494 e. The Hall–Kier alpha value is -2.01. The molecule has 2 aromatic rings. The second-order valence-electron chi connectivity index (χ2n) is 4.91. The van der Waals surface area contributed by atoms with Crippen molar-refractivity contribution < 1.29 is 17.9 Å². The summed E-state index contributed by atoms with van der Waals surface area (Å²) in [6, 6.07) is 7.54. The van der Waals surface area contributed by atoms with Crippen LogP contribution < -0.4 is 10.5 Å². The quantitative estimate of drug-likeness (QED) is 0.919. The molecular weight excluding hydrogens is 279 g/mol. The smallest absolute Gasteiger partial charge is 0.165 e. The Morgan fingerprint density at radius 3 is 2.14 bits per heavy atom. The molecule has 0 amide bonds. The second kappa shape index (κ2) is 6.63. The van der Waals surface area contributed by atoms with Crippen LogP contribution in [-0.4, -0.2) is 13.2 Å². The Morgan fingerprint density at radius 2 is 1.57 bits per heavy atom. The van der Waals surface area contributed by atoms with Gasteiger partial charge in [-0.3, -0.25) is 0 Å². The molecule has 0 heterocycles. The van der Waals surface area contributed by atoms with Crippen LogP contribution in [0.2, 0.25) is 0 Å². The van der Waals surface area contributed by atoms with Gasteiger partial charge in [0.2, 0.25) is 0 Å². The Morgan fingerprint density at radius 1 is 0.952 bits per heavy atom. The Labute approximate surface area is 121 Å². The predicted octanol–water partition coefficient (Wildman–Crippen LogP) is 3.23. The molecule has 0 saturated carbocycles. The summed E-state index contributed by atoms with van der Waals surface area (Å²) in [5.41, 5.74) is 7.15. The zero-order valence-electron chi connectivity index (χ0n) is 11.6. The summed E-state index contributed by atoms with van der Waals surface area (Å²) >= 11 is 0. The Balaban J connectivity index is 2.04. The first-order valence-electron chi connectivity index (χ1n) is 6.51. The van der Waals surface area contributed by atoms with Gasteiger partial charge in [-0.25, -0.2) is 13.2 Å². The van der Waals surface area contributed by atoms with Crippen LogP contribution in [0.15, 0.2) is 36.4 Å². The van der Waals surface area contributed by atoms with Gasteiger partial charge in [-0.05, 0) is 48.2 Å². The number of benzene rings is 2. The van der Waals surface area contributed by atoms with Crippen LogP contribution in [0.5, 0.6) is 5.75 Å². The van der Waals surface area contributed by atoms with Gasteiger partial charge in [0, 0.05) is 12.1 Å². The van der Waals surface area contributed by atoms with Crippen molar-refractivity contribution in [3.05, 3.63) is 65.0 Å². The fourth-order valence-electron chi connectivity index (χ4n) is 2.24. The molecule has 2 N–H and O–H groups in total. The minimum atomic E-state index is -0.632. The van der Waals surface area contributed by atoms with E-state index in [2.05, 4.69) is 0 Å². The molecule has 1 unspecified atom stereocenters. The monoisotopic (exact) mass is 295 g/mol. The summed E-state index contributed by atoms with van der Waals surface area (Å²) in [4.78, 5) is 0. The Kier molecular flexibility index (Phi) is 4.85. The van der Waals surface area contributed by atoms with Crippen LogP contribution in [-0.2, 0) is 12.8 Å². The molecule has 2 aromatic carbocycles. The summed E-state index contributed by atoms with van der Waals surface area (Å²) in [5.74, 6) is -1.56. The molecule has 112 valence electrons. The van der Waals surface area contributed by atoms with Gasteiger partial charge in [-0.1, -0.05) is 6.07 Å². The number of hydrogen-bond donors (Lipinski definition) is 1. The summed E-state index contributed by atoms with van der Waals surface area (Å²) in [7, 11) is 1.39. The third-order valence-electron chi connectivity index (χ3n) is 3.13. The van der Waals surface area contributed by atoms with E-state index in [4.69, 9.17) is 10.5 Å². The molecule has 2 nitrogen and oxygen atoms in total. The molecule has 0 aliphatic carbocycles. The fourth-order valence-corrected chi connectivity index (χ4v) is 2.24. The van der Waals surface area contributed by atoms with Crippen molar-refractivity contribution in [3.63, 3.8) is 0 Å². The van der Waals surface area contributed by atoms with Crippen molar-refractivity contribution in [1.29, 1.82) is 0 Å². The number of ether oxygens (including phenoxy) is 1. The van der Waals surface area contributed by atoms with E-state index < -0.39 is 17.5 Å². The maximum absolute atomic E-state index is 13.6. The number of nitrogens with two attached hydrogens (primary N) is 1. The van der Waals surface area contributed by atoms with E-state index in [1.54, 1.807) is 6.07 Å². The highest BCUT2D eigenvalue weighted by Crippen LogP contribution is 2.19. The molecule has 0 radical (unpaired) electrons. The molecule has 21 heavy (non-hydrogen) atoms. The summed E-state index contributed by atoms with van der Waals surface area (Å²) in [6.45, 7) is 0. The van der Waals surface area contributed by atoms with Crippen LogP contribution >= 0.6 is 0 Å². The van der Waals surface area contributed by atoms with E-state index in [9.17, 15) is 13.2 Å². The second-order valence-corrected chi connectivity index (χ2v) is 4.91. The normalized spacial score (nSPS) is 12.2. The number of hydrogen-bond acceptors (Lipinski definition) is 2. The van der Waals surface area contributed by atoms with Gasteiger partial charge in [-0.2, -0.15) is 0 Å². The first-order chi connectivity index (χ1) is 9.97. The zero-order valence-corrected chi connectivity index (χ0v) is 11.6. The van der Waals surface area contributed by atoms with Gasteiger partial charge in [0.15, 0.2) is 11.6 Å². The zero-order chi connectivity index (χ0) is 15.4. The molecule has 0 bridgehead atoms. The van der Waals surface area contributed by atoms with Gasteiger partial charge < -0.3 is 10.5 Å². The average molecular weight is 295 g/mol. The third-order valence-corrected chi connectivity index (χ3v) is 3.13. The lowest BCUT2D eigenvalue weighted by Crippen LogP contribution is -2.25. The van der Waals surface area contributed by atoms with Crippen molar-refractivity contribution in [2.75, 3.05) is 7.11 Å².